The fourth-order valence-electron chi connectivity index (χ4n) is 1.99. The van der Waals surface area contributed by atoms with Crippen LogP contribution in [0, 0.1) is 5.92 Å². The molecule has 0 radical (unpaired) electrons. The Morgan fingerprint density at radius 3 is 2.53 bits per heavy atom. The number of rotatable bonds is 6. The van der Waals surface area contributed by atoms with Crippen LogP contribution in [0.1, 0.15) is 38.8 Å². The van der Waals surface area contributed by atoms with E-state index < -0.39 is 0 Å². The number of benzene rings is 1. The quantitative estimate of drug-likeness (QED) is 0.842. The standard InChI is InChI=1S/C14H22BrNO/c1-10(2)7-14(9-17)16-11(3)12-5-4-6-13(15)8-12/h4-6,8,10-11,14,16-17H,7,9H2,1-3H3. The molecule has 0 bridgehead atoms. The number of nitrogens with one attached hydrogen (secondary N) is 1. The highest BCUT2D eigenvalue weighted by atomic mass is 79.9. The van der Waals surface area contributed by atoms with E-state index >= 15 is 0 Å². The van der Waals surface area contributed by atoms with Gasteiger partial charge in [-0.25, -0.2) is 0 Å². The van der Waals surface area contributed by atoms with Crippen LogP contribution in [0.4, 0.5) is 0 Å². The summed E-state index contributed by atoms with van der Waals surface area (Å²) in [7, 11) is 0. The van der Waals surface area contributed by atoms with Crippen molar-refractivity contribution in [2.75, 3.05) is 6.61 Å². The highest BCUT2D eigenvalue weighted by Crippen LogP contribution is 2.19. The fraction of sp³-hybridized carbons (Fsp3) is 0.571. The molecule has 0 spiro atoms. The lowest BCUT2D eigenvalue weighted by molar-refractivity contribution is 0.215. The van der Waals surface area contributed by atoms with Crippen molar-refractivity contribution in [3.05, 3.63) is 34.3 Å². The maximum absolute atomic E-state index is 9.35. The van der Waals surface area contributed by atoms with Crippen molar-refractivity contribution in [2.45, 2.75) is 39.3 Å². The van der Waals surface area contributed by atoms with Gasteiger partial charge in [0.15, 0.2) is 0 Å². The van der Waals surface area contributed by atoms with E-state index in [1.165, 1.54) is 5.56 Å². The van der Waals surface area contributed by atoms with Gasteiger partial charge in [0.05, 0.1) is 6.61 Å². The van der Waals surface area contributed by atoms with Crippen molar-refractivity contribution in [3.63, 3.8) is 0 Å². The summed E-state index contributed by atoms with van der Waals surface area (Å²) in [5.41, 5.74) is 1.24. The Balaban J connectivity index is 2.60. The Bertz CT molecular complexity index is 341. The van der Waals surface area contributed by atoms with E-state index in [1.807, 2.05) is 12.1 Å². The maximum atomic E-state index is 9.35. The molecule has 0 heterocycles. The number of halogens is 1. The minimum Gasteiger partial charge on any atom is -0.395 e. The molecule has 0 aliphatic rings. The van der Waals surface area contributed by atoms with E-state index in [-0.39, 0.29) is 18.7 Å². The zero-order chi connectivity index (χ0) is 12.8. The molecule has 1 rings (SSSR count). The molecule has 2 nitrogen and oxygen atoms in total. The number of aliphatic hydroxyl groups excluding tert-OH is 1. The van der Waals surface area contributed by atoms with Crippen molar-refractivity contribution in [1.82, 2.24) is 5.32 Å². The first-order valence-corrected chi connectivity index (χ1v) is 6.94. The van der Waals surface area contributed by atoms with Crippen molar-refractivity contribution < 1.29 is 5.11 Å². The van der Waals surface area contributed by atoms with E-state index in [1.54, 1.807) is 0 Å². The third-order valence-electron chi connectivity index (χ3n) is 2.81. The summed E-state index contributed by atoms with van der Waals surface area (Å²) in [6.45, 7) is 6.67. The molecule has 0 aliphatic heterocycles. The molecule has 0 fully saturated rings. The van der Waals surface area contributed by atoms with Gasteiger partial charge < -0.3 is 10.4 Å². The average molecular weight is 300 g/mol. The van der Waals surface area contributed by atoms with Crippen molar-refractivity contribution in [1.29, 1.82) is 0 Å². The molecule has 0 aliphatic carbocycles. The second-order valence-corrected chi connectivity index (χ2v) is 5.87. The summed E-state index contributed by atoms with van der Waals surface area (Å²) in [4.78, 5) is 0. The van der Waals surface area contributed by atoms with Crippen LogP contribution in [-0.4, -0.2) is 17.8 Å². The lowest BCUT2D eigenvalue weighted by Gasteiger charge is -2.23. The SMILES string of the molecule is CC(C)CC(CO)NC(C)c1cccc(Br)c1. The van der Waals surface area contributed by atoms with E-state index in [0.717, 1.165) is 10.9 Å². The van der Waals surface area contributed by atoms with Gasteiger partial charge in [-0.3, -0.25) is 0 Å². The van der Waals surface area contributed by atoms with E-state index in [0.29, 0.717) is 5.92 Å². The zero-order valence-corrected chi connectivity index (χ0v) is 12.4. The Morgan fingerprint density at radius 1 is 1.29 bits per heavy atom. The molecule has 3 heteroatoms. The van der Waals surface area contributed by atoms with Gasteiger partial charge in [0.2, 0.25) is 0 Å². The van der Waals surface area contributed by atoms with Crippen LogP contribution in [0.5, 0.6) is 0 Å². The van der Waals surface area contributed by atoms with Gasteiger partial charge in [0, 0.05) is 16.6 Å². The molecule has 0 amide bonds. The van der Waals surface area contributed by atoms with Crippen LogP contribution in [0.15, 0.2) is 28.7 Å². The summed E-state index contributed by atoms with van der Waals surface area (Å²) in [5.74, 6) is 0.592. The molecular weight excluding hydrogens is 278 g/mol. The minimum absolute atomic E-state index is 0.170. The van der Waals surface area contributed by atoms with Crippen LogP contribution in [0.3, 0.4) is 0 Å². The molecule has 2 unspecified atom stereocenters. The van der Waals surface area contributed by atoms with Crippen LogP contribution in [0.25, 0.3) is 0 Å². The lowest BCUT2D eigenvalue weighted by Crippen LogP contribution is -2.35. The summed E-state index contributed by atoms with van der Waals surface area (Å²) < 4.78 is 1.09. The van der Waals surface area contributed by atoms with Crippen molar-refractivity contribution in [2.24, 2.45) is 5.92 Å². The summed E-state index contributed by atoms with van der Waals surface area (Å²) >= 11 is 3.48. The highest BCUT2D eigenvalue weighted by molar-refractivity contribution is 9.10. The van der Waals surface area contributed by atoms with Crippen LogP contribution in [0.2, 0.25) is 0 Å². The van der Waals surface area contributed by atoms with E-state index in [9.17, 15) is 5.11 Å². The molecule has 0 aromatic heterocycles. The van der Waals surface area contributed by atoms with Gasteiger partial charge in [-0.1, -0.05) is 41.9 Å². The molecule has 96 valence electrons. The Hall–Kier alpha value is -0.380. The summed E-state index contributed by atoms with van der Waals surface area (Å²) in [5, 5.41) is 12.8. The monoisotopic (exact) mass is 299 g/mol. The van der Waals surface area contributed by atoms with Crippen molar-refractivity contribution in [3.8, 4) is 0 Å². The summed E-state index contributed by atoms with van der Waals surface area (Å²) in [6, 6.07) is 8.70. The first kappa shape index (κ1) is 14.7. The molecular formula is C14H22BrNO. The third-order valence-corrected chi connectivity index (χ3v) is 3.30. The van der Waals surface area contributed by atoms with Crippen LogP contribution in [-0.2, 0) is 0 Å². The molecule has 17 heavy (non-hydrogen) atoms. The predicted molar refractivity (Wildman–Crippen MR) is 76.0 cm³/mol. The summed E-state index contributed by atoms with van der Waals surface area (Å²) in [6.07, 6.45) is 0.995. The fourth-order valence-corrected chi connectivity index (χ4v) is 2.41. The van der Waals surface area contributed by atoms with Gasteiger partial charge in [-0.15, -0.1) is 0 Å². The van der Waals surface area contributed by atoms with Crippen molar-refractivity contribution >= 4 is 15.9 Å². The topological polar surface area (TPSA) is 32.3 Å². The third kappa shape index (κ3) is 5.19. The lowest BCUT2D eigenvalue weighted by atomic mass is 10.0. The molecule has 1 aromatic rings. The first-order valence-electron chi connectivity index (χ1n) is 6.15. The molecule has 2 atom stereocenters. The Morgan fingerprint density at radius 2 is 2.00 bits per heavy atom. The molecule has 1 aromatic carbocycles. The smallest absolute Gasteiger partial charge is 0.0584 e. The second-order valence-electron chi connectivity index (χ2n) is 4.95. The van der Waals surface area contributed by atoms with Gasteiger partial charge in [0.25, 0.3) is 0 Å². The number of aliphatic hydroxyl groups is 1. The Kier molecular flexibility index (Phi) is 6.17. The second kappa shape index (κ2) is 7.14. The molecule has 0 saturated heterocycles. The van der Waals surface area contributed by atoms with Crippen LogP contribution >= 0.6 is 15.9 Å². The largest absolute Gasteiger partial charge is 0.395 e. The van der Waals surface area contributed by atoms with E-state index in [2.05, 4.69) is 54.2 Å². The molecule has 0 saturated carbocycles. The predicted octanol–water partition coefficient (Wildman–Crippen LogP) is 3.51. The van der Waals surface area contributed by atoms with Gasteiger partial charge in [0.1, 0.15) is 0 Å². The highest BCUT2D eigenvalue weighted by Gasteiger charge is 2.14. The maximum Gasteiger partial charge on any atom is 0.0584 e. The Labute approximate surface area is 113 Å². The van der Waals surface area contributed by atoms with Gasteiger partial charge >= 0.3 is 0 Å². The number of hydrogen-bond donors (Lipinski definition) is 2. The van der Waals surface area contributed by atoms with Gasteiger partial charge in [-0.2, -0.15) is 0 Å². The number of hydrogen-bond acceptors (Lipinski definition) is 2. The molecule has 2 N–H and O–H groups in total. The average Bonchev–Trinajstić information content (AvgIpc) is 2.27. The first-order chi connectivity index (χ1) is 8.02. The normalized spacial score (nSPS) is 14.9. The van der Waals surface area contributed by atoms with Crippen LogP contribution < -0.4 is 5.32 Å². The van der Waals surface area contributed by atoms with E-state index in [4.69, 9.17) is 0 Å². The van der Waals surface area contributed by atoms with Gasteiger partial charge in [-0.05, 0) is 37.0 Å². The minimum atomic E-state index is 0.170. The zero-order valence-electron chi connectivity index (χ0n) is 10.8.